The molecule has 3 aromatic heterocycles. The molecule has 8 nitrogen and oxygen atoms in total. The number of fused-ring (bicyclic) bond motifs is 2. The van der Waals surface area contributed by atoms with Crippen molar-refractivity contribution in [3.8, 4) is 11.3 Å². The summed E-state index contributed by atoms with van der Waals surface area (Å²) in [5.41, 5.74) is 4.07. The van der Waals surface area contributed by atoms with Gasteiger partial charge in [0.15, 0.2) is 5.82 Å². The Morgan fingerprint density at radius 2 is 2.00 bits per heavy atom. The van der Waals surface area contributed by atoms with E-state index in [1.807, 2.05) is 43.1 Å². The third-order valence-electron chi connectivity index (χ3n) is 6.94. The molecule has 1 N–H and O–H groups in total. The summed E-state index contributed by atoms with van der Waals surface area (Å²) < 4.78 is 18.6. The SMILES string of the molecule is Cc1cn2nc(-c3cc(F)c4nn([C@@H]5CCN(C(=O)O)C6(CC6)C5)cc4c3)cc2c(C)n1. The molecule has 1 saturated heterocycles. The van der Waals surface area contributed by atoms with Gasteiger partial charge in [0, 0.05) is 29.2 Å². The van der Waals surface area contributed by atoms with Crippen LogP contribution < -0.4 is 0 Å². The monoisotopic (exact) mass is 434 g/mol. The predicted octanol–water partition coefficient (Wildman–Crippen LogP) is 4.35. The van der Waals surface area contributed by atoms with Crippen molar-refractivity contribution in [2.45, 2.75) is 51.1 Å². The van der Waals surface area contributed by atoms with E-state index >= 15 is 4.39 Å². The average Bonchev–Trinajstić information content (AvgIpc) is 3.17. The van der Waals surface area contributed by atoms with Crippen LogP contribution in [0.1, 0.15) is 43.1 Å². The van der Waals surface area contributed by atoms with Crippen molar-refractivity contribution in [2.75, 3.05) is 6.54 Å². The summed E-state index contributed by atoms with van der Waals surface area (Å²) in [6, 6.07) is 5.38. The fourth-order valence-electron chi connectivity index (χ4n) is 5.19. The molecule has 0 radical (unpaired) electrons. The maximum atomic E-state index is 15.0. The first-order valence-electron chi connectivity index (χ1n) is 10.9. The highest BCUT2D eigenvalue weighted by Gasteiger charge is 2.54. The number of carbonyl (C=O) groups is 1. The van der Waals surface area contributed by atoms with Gasteiger partial charge < -0.3 is 10.0 Å². The maximum absolute atomic E-state index is 15.0. The first kappa shape index (κ1) is 19.2. The number of rotatable bonds is 2. The molecule has 2 fully saturated rings. The number of aromatic nitrogens is 5. The smallest absolute Gasteiger partial charge is 0.407 e. The quantitative estimate of drug-likeness (QED) is 0.507. The Labute approximate surface area is 183 Å². The second-order valence-corrected chi connectivity index (χ2v) is 9.14. The predicted molar refractivity (Wildman–Crippen MR) is 116 cm³/mol. The molecule has 4 aromatic rings. The molecule has 1 aliphatic heterocycles. The van der Waals surface area contributed by atoms with Gasteiger partial charge in [-0.1, -0.05) is 0 Å². The minimum Gasteiger partial charge on any atom is -0.465 e. The first-order valence-corrected chi connectivity index (χ1v) is 10.9. The zero-order valence-corrected chi connectivity index (χ0v) is 17.9. The van der Waals surface area contributed by atoms with E-state index in [1.54, 1.807) is 9.42 Å². The van der Waals surface area contributed by atoms with Crippen LogP contribution in [0, 0.1) is 19.7 Å². The molecule has 1 amide bonds. The van der Waals surface area contributed by atoms with Crippen LogP contribution in [0.2, 0.25) is 0 Å². The molecule has 6 rings (SSSR count). The molecule has 32 heavy (non-hydrogen) atoms. The van der Waals surface area contributed by atoms with Crippen LogP contribution in [0.15, 0.2) is 30.6 Å². The van der Waals surface area contributed by atoms with E-state index < -0.39 is 6.09 Å². The molecule has 9 heteroatoms. The molecule has 4 heterocycles. The van der Waals surface area contributed by atoms with Crippen molar-refractivity contribution in [2.24, 2.45) is 0 Å². The summed E-state index contributed by atoms with van der Waals surface area (Å²) in [5.74, 6) is -0.386. The van der Waals surface area contributed by atoms with E-state index in [-0.39, 0.29) is 17.4 Å². The van der Waals surface area contributed by atoms with Crippen LogP contribution in [0.4, 0.5) is 9.18 Å². The van der Waals surface area contributed by atoms with Gasteiger partial charge in [-0.2, -0.15) is 10.2 Å². The highest BCUT2D eigenvalue weighted by molar-refractivity contribution is 5.85. The van der Waals surface area contributed by atoms with Gasteiger partial charge in [-0.3, -0.25) is 9.67 Å². The molecule has 1 saturated carbocycles. The summed E-state index contributed by atoms with van der Waals surface area (Å²) in [6.07, 6.45) is 6.05. The number of amides is 1. The topological polar surface area (TPSA) is 88.6 Å². The zero-order chi connectivity index (χ0) is 22.2. The molecule has 1 aliphatic carbocycles. The van der Waals surface area contributed by atoms with Crippen LogP contribution in [-0.2, 0) is 0 Å². The first-order chi connectivity index (χ1) is 15.3. The molecular formula is C23H23FN6O2. The molecule has 1 aromatic carbocycles. The highest BCUT2D eigenvalue weighted by Crippen LogP contribution is 2.51. The van der Waals surface area contributed by atoms with Gasteiger partial charge in [-0.15, -0.1) is 0 Å². The second kappa shape index (κ2) is 6.51. The van der Waals surface area contributed by atoms with E-state index in [1.165, 1.54) is 6.07 Å². The van der Waals surface area contributed by atoms with Crippen LogP contribution in [0.5, 0.6) is 0 Å². The van der Waals surface area contributed by atoms with Gasteiger partial charge in [0.2, 0.25) is 0 Å². The number of carboxylic acid groups (broad SMARTS) is 1. The van der Waals surface area contributed by atoms with Crippen LogP contribution in [0.3, 0.4) is 0 Å². The van der Waals surface area contributed by atoms with Gasteiger partial charge in [0.05, 0.1) is 34.8 Å². The Morgan fingerprint density at radius 1 is 1.19 bits per heavy atom. The van der Waals surface area contributed by atoms with Crippen molar-refractivity contribution in [3.63, 3.8) is 0 Å². The van der Waals surface area contributed by atoms with Crippen molar-refractivity contribution < 1.29 is 14.3 Å². The Balaban J connectivity index is 1.36. The average molecular weight is 434 g/mol. The van der Waals surface area contributed by atoms with Gasteiger partial charge in [0.25, 0.3) is 0 Å². The van der Waals surface area contributed by atoms with Gasteiger partial charge in [-0.25, -0.2) is 13.7 Å². The summed E-state index contributed by atoms with van der Waals surface area (Å²) >= 11 is 0. The van der Waals surface area contributed by atoms with Gasteiger partial charge in [0.1, 0.15) is 5.52 Å². The van der Waals surface area contributed by atoms with E-state index in [0.29, 0.717) is 35.1 Å². The summed E-state index contributed by atoms with van der Waals surface area (Å²) in [4.78, 5) is 17.6. The van der Waals surface area contributed by atoms with Crippen LogP contribution in [-0.4, -0.2) is 52.6 Å². The van der Waals surface area contributed by atoms with E-state index in [4.69, 9.17) is 0 Å². The van der Waals surface area contributed by atoms with E-state index in [0.717, 1.165) is 36.2 Å². The summed E-state index contributed by atoms with van der Waals surface area (Å²) in [6.45, 7) is 4.34. The Hall–Kier alpha value is -3.49. The number of likely N-dealkylation sites (tertiary alicyclic amines) is 1. The van der Waals surface area contributed by atoms with E-state index in [9.17, 15) is 9.90 Å². The fourth-order valence-corrected chi connectivity index (χ4v) is 5.19. The fraction of sp³-hybridized carbons (Fsp3) is 0.391. The number of hydrogen-bond donors (Lipinski definition) is 1. The lowest BCUT2D eigenvalue weighted by molar-refractivity contribution is 0.0788. The van der Waals surface area contributed by atoms with Crippen molar-refractivity contribution in [1.82, 2.24) is 29.3 Å². The Bertz CT molecular complexity index is 1400. The lowest BCUT2D eigenvalue weighted by Gasteiger charge is -2.38. The van der Waals surface area contributed by atoms with Crippen LogP contribution >= 0.6 is 0 Å². The Kier molecular flexibility index (Phi) is 3.91. The number of piperidine rings is 1. The third kappa shape index (κ3) is 2.87. The Morgan fingerprint density at radius 3 is 2.75 bits per heavy atom. The number of nitrogens with zero attached hydrogens (tertiary/aromatic N) is 6. The van der Waals surface area contributed by atoms with Crippen molar-refractivity contribution in [3.05, 3.63) is 47.8 Å². The lowest BCUT2D eigenvalue weighted by Crippen LogP contribution is -2.47. The van der Waals surface area contributed by atoms with Gasteiger partial charge in [-0.05, 0) is 57.7 Å². The van der Waals surface area contributed by atoms with Crippen LogP contribution in [0.25, 0.3) is 27.7 Å². The normalized spacial score (nSPS) is 19.8. The van der Waals surface area contributed by atoms with Crippen molar-refractivity contribution in [1.29, 1.82) is 0 Å². The summed E-state index contributed by atoms with van der Waals surface area (Å²) in [5, 5.41) is 19.4. The van der Waals surface area contributed by atoms with Crippen molar-refractivity contribution >= 4 is 22.5 Å². The number of aryl methyl sites for hydroxylation is 2. The number of hydrogen-bond acceptors (Lipinski definition) is 4. The molecule has 164 valence electrons. The van der Waals surface area contributed by atoms with E-state index in [2.05, 4.69) is 15.2 Å². The highest BCUT2D eigenvalue weighted by atomic mass is 19.1. The lowest BCUT2D eigenvalue weighted by atomic mass is 9.95. The molecule has 0 bridgehead atoms. The third-order valence-corrected chi connectivity index (χ3v) is 6.94. The minimum atomic E-state index is -0.852. The zero-order valence-electron chi connectivity index (χ0n) is 17.9. The molecule has 1 atom stereocenters. The number of benzene rings is 1. The maximum Gasteiger partial charge on any atom is 0.407 e. The standard InChI is InChI=1S/C23H23FN6O2/c1-13-11-30-20(14(2)25-13)9-19(26-30)15-7-16-12-29(27-21(16)18(24)8-15)17-3-6-28(22(31)32)23(10-17)4-5-23/h7-9,11-12,17H,3-6,10H2,1-2H3,(H,31,32)/t17-/m1/s1. The minimum absolute atomic E-state index is 0.0650. The van der Waals surface area contributed by atoms with Gasteiger partial charge >= 0.3 is 6.09 Å². The summed E-state index contributed by atoms with van der Waals surface area (Å²) in [7, 11) is 0. The number of halogens is 1. The molecule has 1 spiro atoms. The largest absolute Gasteiger partial charge is 0.465 e. The molecule has 0 unspecified atom stereocenters. The molecular weight excluding hydrogens is 411 g/mol. The second-order valence-electron chi connectivity index (χ2n) is 9.14. The molecule has 2 aliphatic rings.